The first-order valence-corrected chi connectivity index (χ1v) is 12.0. The molecule has 2 heterocycles. The monoisotopic (exact) mass is 486 g/mol. The molecular formula is C24H24ClFN4O2S. The van der Waals surface area contributed by atoms with Gasteiger partial charge in [-0.15, -0.1) is 12.4 Å². The van der Waals surface area contributed by atoms with E-state index in [9.17, 15) is 12.8 Å². The van der Waals surface area contributed by atoms with Gasteiger partial charge in [0.15, 0.2) is 5.03 Å². The van der Waals surface area contributed by atoms with Crippen molar-refractivity contribution in [3.05, 3.63) is 84.2 Å². The van der Waals surface area contributed by atoms with Gasteiger partial charge in [-0.2, -0.15) is 5.10 Å². The Morgan fingerprint density at radius 3 is 2.39 bits per heavy atom. The first-order chi connectivity index (χ1) is 15.5. The van der Waals surface area contributed by atoms with Crippen molar-refractivity contribution < 1.29 is 12.8 Å². The maximum atomic E-state index is 13.6. The second kappa shape index (κ2) is 9.51. The number of halogens is 2. The highest BCUT2D eigenvalue weighted by Gasteiger charge is 2.25. The predicted molar refractivity (Wildman–Crippen MR) is 129 cm³/mol. The fraction of sp³-hybridized carbons (Fsp3) is 0.208. The van der Waals surface area contributed by atoms with Crippen LogP contribution in [0.5, 0.6) is 0 Å². The molecule has 0 spiro atoms. The third kappa shape index (κ3) is 4.73. The highest BCUT2D eigenvalue weighted by atomic mass is 35.5. The number of H-pyrrole nitrogens is 1. The molecule has 6 nitrogen and oxygen atoms in total. The number of anilines is 1. The number of rotatable bonds is 5. The average molecular weight is 487 g/mol. The van der Waals surface area contributed by atoms with E-state index < -0.39 is 15.7 Å². The molecule has 0 bridgehead atoms. The third-order valence-corrected chi connectivity index (χ3v) is 7.55. The Kier molecular flexibility index (Phi) is 6.69. The Hall–Kier alpha value is -2.94. The molecule has 1 aliphatic heterocycles. The smallest absolute Gasteiger partial charge is 0.226 e. The SMILES string of the molecule is Cl.O=S(=O)(c1cccc(F)c1)c1n[nH]c2ccc(N3CCN(Cc4ccccc4)CC3)cc12. The van der Waals surface area contributed by atoms with Gasteiger partial charge >= 0.3 is 0 Å². The van der Waals surface area contributed by atoms with Crippen LogP contribution in [0.3, 0.4) is 0 Å². The van der Waals surface area contributed by atoms with Gasteiger partial charge in [0, 0.05) is 43.8 Å². The largest absolute Gasteiger partial charge is 0.369 e. The minimum absolute atomic E-state index is 0. The van der Waals surface area contributed by atoms with Crippen molar-refractivity contribution in [3.8, 4) is 0 Å². The van der Waals surface area contributed by atoms with Crippen LogP contribution < -0.4 is 4.90 Å². The summed E-state index contributed by atoms with van der Waals surface area (Å²) in [6.07, 6.45) is 0. The summed E-state index contributed by atoms with van der Waals surface area (Å²) in [4.78, 5) is 4.57. The number of hydrogen-bond acceptors (Lipinski definition) is 5. The molecule has 0 unspecified atom stereocenters. The van der Waals surface area contributed by atoms with Crippen molar-refractivity contribution in [1.82, 2.24) is 15.1 Å². The molecule has 1 fully saturated rings. The van der Waals surface area contributed by atoms with Crippen LogP contribution in [0.2, 0.25) is 0 Å². The summed E-state index contributed by atoms with van der Waals surface area (Å²) in [6, 6.07) is 21.1. The molecule has 0 aliphatic carbocycles. The summed E-state index contributed by atoms with van der Waals surface area (Å²) >= 11 is 0. The minimum Gasteiger partial charge on any atom is -0.369 e. The van der Waals surface area contributed by atoms with E-state index in [4.69, 9.17) is 0 Å². The summed E-state index contributed by atoms with van der Waals surface area (Å²) in [6.45, 7) is 4.47. The van der Waals surface area contributed by atoms with Gasteiger partial charge in [-0.1, -0.05) is 36.4 Å². The van der Waals surface area contributed by atoms with E-state index in [1.165, 1.54) is 23.8 Å². The zero-order chi connectivity index (χ0) is 22.1. The topological polar surface area (TPSA) is 69.3 Å². The van der Waals surface area contributed by atoms with Crippen LogP contribution in [-0.2, 0) is 16.4 Å². The maximum Gasteiger partial charge on any atom is 0.226 e. The number of hydrogen-bond donors (Lipinski definition) is 1. The number of sulfone groups is 1. The number of aromatic nitrogens is 2. The molecule has 1 N–H and O–H groups in total. The molecule has 0 amide bonds. The molecule has 4 aromatic rings. The normalized spacial score (nSPS) is 14.9. The standard InChI is InChI=1S/C24H23FN4O2S.ClH/c25-19-7-4-8-21(15-19)32(30,31)24-22-16-20(9-10-23(22)26-27-24)29-13-11-28(12-14-29)17-18-5-2-1-3-6-18;/h1-10,15-16H,11-14,17H2,(H,26,27);1H. The van der Waals surface area contributed by atoms with Crippen LogP contribution in [0.1, 0.15) is 5.56 Å². The van der Waals surface area contributed by atoms with E-state index in [2.05, 4.69) is 44.3 Å². The predicted octanol–water partition coefficient (Wildman–Crippen LogP) is 4.28. The number of nitrogens with one attached hydrogen (secondary N) is 1. The Balaban J connectivity index is 0.00000259. The molecule has 172 valence electrons. The van der Waals surface area contributed by atoms with Crippen LogP contribution in [0.4, 0.5) is 10.1 Å². The molecule has 9 heteroatoms. The molecule has 1 aromatic heterocycles. The Morgan fingerprint density at radius 2 is 1.67 bits per heavy atom. The molecule has 0 radical (unpaired) electrons. The Morgan fingerprint density at radius 1 is 0.909 bits per heavy atom. The lowest BCUT2D eigenvalue weighted by Crippen LogP contribution is -2.45. The first kappa shape index (κ1) is 23.2. The minimum atomic E-state index is -3.94. The Bertz CT molecular complexity index is 1350. The number of benzene rings is 3. The van der Waals surface area contributed by atoms with Gasteiger partial charge in [0.25, 0.3) is 0 Å². The fourth-order valence-corrected chi connectivity index (χ4v) is 5.50. The zero-order valence-electron chi connectivity index (χ0n) is 17.8. The maximum absolute atomic E-state index is 13.6. The van der Waals surface area contributed by atoms with Crippen molar-refractivity contribution in [2.45, 2.75) is 16.5 Å². The molecule has 33 heavy (non-hydrogen) atoms. The molecule has 3 aromatic carbocycles. The van der Waals surface area contributed by atoms with E-state index in [-0.39, 0.29) is 22.3 Å². The molecule has 0 atom stereocenters. The van der Waals surface area contributed by atoms with Gasteiger partial charge in [0.2, 0.25) is 9.84 Å². The zero-order valence-corrected chi connectivity index (χ0v) is 19.4. The van der Waals surface area contributed by atoms with E-state index in [1.807, 2.05) is 24.3 Å². The molecule has 0 saturated carbocycles. The Labute approximate surface area is 198 Å². The van der Waals surface area contributed by atoms with Crippen molar-refractivity contribution in [2.24, 2.45) is 0 Å². The van der Waals surface area contributed by atoms with E-state index in [1.54, 1.807) is 0 Å². The second-order valence-electron chi connectivity index (χ2n) is 7.97. The number of aromatic amines is 1. The summed E-state index contributed by atoms with van der Waals surface area (Å²) in [7, 11) is -3.94. The summed E-state index contributed by atoms with van der Waals surface area (Å²) in [5.41, 5.74) is 2.88. The summed E-state index contributed by atoms with van der Waals surface area (Å²) in [5.74, 6) is -0.597. The molecular weight excluding hydrogens is 463 g/mol. The van der Waals surface area contributed by atoms with Crippen LogP contribution in [0.15, 0.2) is 82.7 Å². The van der Waals surface area contributed by atoms with E-state index >= 15 is 0 Å². The number of fused-ring (bicyclic) bond motifs is 1. The van der Waals surface area contributed by atoms with Crippen LogP contribution in [-0.4, -0.2) is 49.7 Å². The lowest BCUT2D eigenvalue weighted by molar-refractivity contribution is 0.250. The van der Waals surface area contributed by atoms with Crippen LogP contribution >= 0.6 is 12.4 Å². The highest BCUT2D eigenvalue weighted by Crippen LogP contribution is 2.30. The van der Waals surface area contributed by atoms with Crippen molar-refractivity contribution in [1.29, 1.82) is 0 Å². The fourth-order valence-electron chi connectivity index (χ4n) is 4.13. The van der Waals surface area contributed by atoms with Gasteiger partial charge in [0.1, 0.15) is 5.82 Å². The summed E-state index contributed by atoms with van der Waals surface area (Å²) in [5, 5.41) is 7.28. The van der Waals surface area contributed by atoms with Gasteiger partial charge < -0.3 is 4.90 Å². The first-order valence-electron chi connectivity index (χ1n) is 10.5. The second-order valence-corrected chi connectivity index (χ2v) is 9.83. The van der Waals surface area contributed by atoms with Gasteiger partial charge in [-0.05, 0) is 42.0 Å². The van der Waals surface area contributed by atoms with Crippen LogP contribution in [0.25, 0.3) is 10.9 Å². The lowest BCUT2D eigenvalue weighted by Gasteiger charge is -2.36. The lowest BCUT2D eigenvalue weighted by atomic mass is 10.1. The van der Waals surface area contributed by atoms with E-state index in [0.29, 0.717) is 10.9 Å². The third-order valence-electron chi connectivity index (χ3n) is 5.86. The quantitative estimate of drug-likeness (QED) is 0.456. The van der Waals surface area contributed by atoms with Gasteiger partial charge in [-0.25, -0.2) is 12.8 Å². The highest BCUT2D eigenvalue weighted by molar-refractivity contribution is 7.91. The average Bonchev–Trinajstić information content (AvgIpc) is 3.24. The molecule has 1 saturated heterocycles. The molecule has 1 aliphatic rings. The van der Waals surface area contributed by atoms with Crippen molar-refractivity contribution >= 4 is 38.8 Å². The van der Waals surface area contributed by atoms with E-state index in [0.717, 1.165) is 44.5 Å². The molecule has 5 rings (SSSR count). The number of piperazine rings is 1. The van der Waals surface area contributed by atoms with Crippen LogP contribution in [0, 0.1) is 5.82 Å². The van der Waals surface area contributed by atoms with Gasteiger partial charge in [0.05, 0.1) is 10.4 Å². The number of nitrogens with zero attached hydrogens (tertiary/aromatic N) is 3. The summed E-state index contributed by atoms with van der Waals surface area (Å²) < 4.78 is 39.8. The van der Waals surface area contributed by atoms with Crippen molar-refractivity contribution in [3.63, 3.8) is 0 Å². The van der Waals surface area contributed by atoms with Gasteiger partial charge in [-0.3, -0.25) is 10.00 Å². The van der Waals surface area contributed by atoms with Crippen molar-refractivity contribution in [2.75, 3.05) is 31.1 Å².